The molecule has 0 bridgehead atoms. The second kappa shape index (κ2) is 8.29. The summed E-state index contributed by atoms with van der Waals surface area (Å²) in [5.41, 5.74) is 2.75. The van der Waals surface area contributed by atoms with Gasteiger partial charge in [0.2, 0.25) is 5.91 Å². The molecule has 0 saturated carbocycles. The first kappa shape index (κ1) is 20.3. The number of aromatic hydroxyl groups is 1. The van der Waals surface area contributed by atoms with Crippen LogP contribution in [0.25, 0.3) is 0 Å². The third-order valence-corrected chi connectivity index (χ3v) is 5.07. The van der Waals surface area contributed by atoms with E-state index in [0.29, 0.717) is 36.9 Å². The Morgan fingerprint density at radius 2 is 1.93 bits per heavy atom. The molecule has 1 amide bonds. The Morgan fingerprint density at radius 3 is 2.64 bits per heavy atom. The van der Waals surface area contributed by atoms with Crippen molar-refractivity contribution in [2.75, 3.05) is 11.9 Å². The molecule has 1 aliphatic rings. The van der Waals surface area contributed by atoms with E-state index in [1.54, 1.807) is 18.2 Å². The highest BCUT2D eigenvalue weighted by Gasteiger charge is 2.24. The summed E-state index contributed by atoms with van der Waals surface area (Å²) < 4.78 is 13.1. The van der Waals surface area contributed by atoms with Gasteiger partial charge in [0, 0.05) is 30.3 Å². The smallest absolute Gasteiger partial charge is 0.224 e. The Balaban J connectivity index is 1.71. The van der Waals surface area contributed by atoms with Crippen LogP contribution in [0.15, 0.2) is 36.4 Å². The number of hydrogen-bond donors (Lipinski definition) is 4. The van der Waals surface area contributed by atoms with Crippen molar-refractivity contribution in [1.29, 1.82) is 0 Å². The molecule has 1 atom stereocenters. The molecule has 2 aromatic rings. The summed E-state index contributed by atoms with van der Waals surface area (Å²) in [6.45, 7) is 4.33. The summed E-state index contributed by atoms with van der Waals surface area (Å²) in [4.78, 5) is 11.8. The third kappa shape index (κ3) is 5.09. The fourth-order valence-electron chi connectivity index (χ4n) is 3.66. The molecule has 0 saturated heterocycles. The number of phenols is 1. The summed E-state index contributed by atoms with van der Waals surface area (Å²) in [7, 11) is 0. The van der Waals surface area contributed by atoms with Crippen molar-refractivity contribution < 1.29 is 19.4 Å². The monoisotopic (exact) mass is 386 g/mol. The predicted octanol–water partition coefficient (Wildman–Crippen LogP) is 3.45. The van der Waals surface area contributed by atoms with E-state index in [0.717, 1.165) is 11.1 Å². The molecule has 5 nitrogen and oxygen atoms in total. The summed E-state index contributed by atoms with van der Waals surface area (Å²) in [5.74, 6) is -0.328. The van der Waals surface area contributed by atoms with Crippen LogP contribution in [0.5, 0.6) is 5.75 Å². The molecule has 3 rings (SSSR count). The molecule has 0 radical (unpaired) electrons. The van der Waals surface area contributed by atoms with E-state index in [1.165, 1.54) is 18.2 Å². The van der Waals surface area contributed by atoms with E-state index < -0.39 is 6.10 Å². The molecule has 150 valence electrons. The Kier molecular flexibility index (Phi) is 6.01. The quantitative estimate of drug-likeness (QED) is 0.613. The van der Waals surface area contributed by atoms with Crippen molar-refractivity contribution in [2.24, 2.45) is 0 Å². The molecule has 28 heavy (non-hydrogen) atoms. The first-order valence-corrected chi connectivity index (χ1v) is 9.57. The van der Waals surface area contributed by atoms with Crippen LogP contribution >= 0.6 is 0 Å². The number of hydrogen-bond acceptors (Lipinski definition) is 4. The lowest BCUT2D eigenvalue weighted by Crippen LogP contribution is -2.43. The van der Waals surface area contributed by atoms with Crippen LogP contribution in [0.2, 0.25) is 0 Å². The van der Waals surface area contributed by atoms with Crippen LogP contribution in [-0.2, 0) is 17.6 Å². The maximum atomic E-state index is 13.1. The Hall–Kier alpha value is -2.44. The van der Waals surface area contributed by atoms with E-state index in [4.69, 9.17) is 0 Å². The maximum absolute atomic E-state index is 13.1. The normalized spacial score (nSPS) is 15.5. The van der Waals surface area contributed by atoms with Gasteiger partial charge in [0.1, 0.15) is 11.6 Å². The van der Waals surface area contributed by atoms with Crippen LogP contribution in [0, 0.1) is 5.82 Å². The molecule has 6 heteroatoms. The maximum Gasteiger partial charge on any atom is 0.224 e. The SMILES string of the molecule is CC(C)(Cc1ccc(F)cc1)NCC(O)c1cc(O)cc2c1CCCC(=O)N2. The second-order valence-electron chi connectivity index (χ2n) is 8.05. The van der Waals surface area contributed by atoms with Gasteiger partial charge in [-0.25, -0.2) is 4.39 Å². The van der Waals surface area contributed by atoms with Crippen LogP contribution in [0.4, 0.5) is 10.1 Å². The largest absolute Gasteiger partial charge is 0.508 e. The summed E-state index contributed by atoms with van der Waals surface area (Å²) in [6.07, 6.45) is 1.64. The van der Waals surface area contributed by atoms with E-state index in [9.17, 15) is 19.4 Å². The molecule has 0 spiro atoms. The molecular weight excluding hydrogens is 359 g/mol. The zero-order valence-corrected chi connectivity index (χ0v) is 16.3. The van der Waals surface area contributed by atoms with Gasteiger partial charge in [-0.2, -0.15) is 0 Å². The van der Waals surface area contributed by atoms with Crippen LogP contribution in [-0.4, -0.2) is 28.2 Å². The number of anilines is 1. The molecule has 4 N–H and O–H groups in total. The molecule has 1 aliphatic heterocycles. The van der Waals surface area contributed by atoms with Crippen molar-refractivity contribution in [2.45, 2.75) is 51.2 Å². The fraction of sp³-hybridized carbons (Fsp3) is 0.409. The lowest BCUT2D eigenvalue weighted by atomic mass is 9.93. The number of aliphatic hydroxyl groups excluding tert-OH is 1. The average molecular weight is 386 g/mol. The fourth-order valence-corrected chi connectivity index (χ4v) is 3.66. The number of carbonyl (C=O) groups excluding carboxylic acids is 1. The third-order valence-electron chi connectivity index (χ3n) is 5.07. The lowest BCUT2D eigenvalue weighted by Gasteiger charge is -2.29. The number of benzene rings is 2. The molecule has 1 heterocycles. The molecular formula is C22H27FN2O3. The van der Waals surface area contributed by atoms with Gasteiger partial charge in [-0.3, -0.25) is 4.79 Å². The molecule has 0 aliphatic carbocycles. The highest BCUT2D eigenvalue weighted by molar-refractivity contribution is 5.92. The summed E-state index contributed by atoms with van der Waals surface area (Å²) in [6, 6.07) is 9.49. The average Bonchev–Trinajstić information content (AvgIpc) is 2.81. The zero-order valence-electron chi connectivity index (χ0n) is 16.3. The number of fused-ring (bicyclic) bond motifs is 1. The number of carbonyl (C=O) groups is 1. The van der Waals surface area contributed by atoms with E-state index in [-0.39, 0.29) is 29.6 Å². The minimum Gasteiger partial charge on any atom is -0.508 e. The number of halogens is 1. The standard InChI is InChI=1S/C22H27FN2O3/c1-22(2,12-14-6-8-15(23)9-7-14)24-13-20(27)18-10-16(26)11-19-17(18)4-3-5-21(28)25-19/h6-11,20,24,26-27H,3-5,12-13H2,1-2H3,(H,25,28). The van der Waals surface area contributed by atoms with Crippen molar-refractivity contribution in [3.63, 3.8) is 0 Å². The number of phenolic OH excluding ortho intramolecular Hbond substituents is 1. The van der Waals surface area contributed by atoms with Crippen LogP contribution < -0.4 is 10.6 Å². The topological polar surface area (TPSA) is 81.6 Å². The van der Waals surface area contributed by atoms with E-state index in [1.807, 2.05) is 13.8 Å². The predicted molar refractivity (Wildman–Crippen MR) is 107 cm³/mol. The molecule has 0 aromatic heterocycles. The zero-order chi connectivity index (χ0) is 20.3. The van der Waals surface area contributed by atoms with E-state index >= 15 is 0 Å². The highest BCUT2D eigenvalue weighted by Crippen LogP contribution is 2.33. The Labute approximate surface area is 164 Å². The summed E-state index contributed by atoms with van der Waals surface area (Å²) in [5, 5.41) is 27.0. The van der Waals surface area contributed by atoms with Gasteiger partial charge in [-0.05, 0) is 68.0 Å². The van der Waals surface area contributed by atoms with Gasteiger partial charge in [0.05, 0.1) is 6.10 Å². The minimum atomic E-state index is -0.830. The second-order valence-corrected chi connectivity index (χ2v) is 8.05. The van der Waals surface area contributed by atoms with Gasteiger partial charge in [0.15, 0.2) is 0 Å². The Morgan fingerprint density at radius 1 is 1.21 bits per heavy atom. The number of aliphatic hydroxyl groups is 1. The highest BCUT2D eigenvalue weighted by atomic mass is 19.1. The first-order chi connectivity index (χ1) is 13.2. The van der Waals surface area contributed by atoms with Gasteiger partial charge < -0.3 is 20.8 Å². The number of amides is 1. The number of nitrogens with one attached hydrogen (secondary N) is 2. The molecule has 1 unspecified atom stereocenters. The molecule has 0 fully saturated rings. The Bertz CT molecular complexity index is 850. The van der Waals surface area contributed by atoms with Crippen molar-refractivity contribution >= 4 is 11.6 Å². The van der Waals surface area contributed by atoms with E-state index in [2.05, 4.69) is 10.6 Å². The van der Waals surface area contributed by atoms with Crippen molar-refractivity contribution in [1.82, 2.24) is 5.32 Å². The van der Waals surface area contributed by atoms with Gasteiger partial charge in [-0.15, -0.1) is 0 Å². The van der Waals surface area contributed by atoms with Crippen LogP contribution in [0.3, 0.4) is 0 Å². The number of β-amino-alcohol motifs (C(OH)–C–C–N with tert-alkyl or cyclic N) is 1. The lowest BCUT2D eigenvalue weighted by molar-refractivity contribution is -0.116. The van der Waals surface area contributed by atoms with Crippen LogP contribution in [0.1, 0.15) is 49.5 Å². The van der Waals surface area contributed by atoms with Gasteiger partial charge in [-0.1, -0.05) is 12.1 Å². The van der Waals surface area contributed by atoms with Crippen molar-refractivity contribution in [3.05, 3.63) is 58.9 Å². The molecule has 2 aromatic carbocycles. The summed E-state index contributed by atoms with van der Waals surface area (Å²) >= 11 is 0. The first-order valence-electron chi connectivity index (χ1n) is 9.57. The van der Waals surface area contributed by atoms with Gasteiger partial charge in [0.25, 0.3) is 0 Å². The minimum absolute atomic E-state index is 0.0144. The van der Waals surface area contributed by atoms with Crippen molar-refractivity contribution in [3.8, 4) is 5.75 Å². The van der Waals surface area contributed by atoms with Gasteiger partial charge >= 0.3 is 0 Å². The number of rotatable bonds is 6.